The van der Waals surface area contributed by atoms with Crippen LogP contribution < -0.4 is 5.32 Å². The first kappa shape index (κ1) is 15.9. The van der Waals surface area contributed by atoms with Crippen LogP contribution in [0.4, 0.5) is 0 Å². The highest BCUT2D eigenvalue weighted by Crippen LogP contribution is 2.12. The molecule has 23 heavy (non-hydrogen) atoms. The summed E-state index contributed by atoms with van der Waals surface area (Å²) in [7, 11) is 0. The fourth-order valence-electron chi connectivity index (χ4n) is 2.97. The average Bonchev–Trinajstić information content (AvgIpc) is 2.98. The van der Waals surface area contributed by atoms with Crippen LogP contribution in [0.15, 0.2) is 40.9 Å². The van der Waals surface area contributed by atoms with Crippen molar-refractivity contribution in [3.63, 3.8) is 0 Å². The number of piperidine rings is 1. The van der Waals surface area contributed by atoms with Gasteiger partial charge in [-0.2, -0.15) is 4.98 Å². The van der Waals surface area contributed by atoms with Gasteiger partial charge in [0, 0.05) is 26.1 Å². The normalized spacial score (nSPS) is 19.4. The van der Waals surface area contributed by atoms with Gasteiger partial charge in [-0.15, -0.1) is 0 Å². The summed E-state index contributed by atoms with van der Waals surface area (Å²) in [5.41, 5.74) is 1.24. The molecular weight excluding hydrogens is 288 g/mol. The lowest BCUT2D eigenvalue weighted by Crippen LogP contribution is -2.45. The van der Waals surface area contributed by atoms with Gasteiger partial charge in [-0.05, 0) is 24.9 Å². The van der Waals surface area contributed by atoms with Crippen molar-refractivity contribution in [1.29, 1.82) is 0 Å². The number of aromatic nitrogens is 2. The Bertz CT molecular complexity index is 623. The smallest absolute Gasteiger partial charge is 0.223 e. The van der Waals surface area contributed by atoms with Crippen LogP contribution in [0.3, 0.4) is 0 Å². The first-order chi connectivity index (χ1) is 11.3. The molecule has 5 heteroatoms. The van der Waals surface area contributed by atoms with Gasteiger partial charge in [0.15, 0.2) is 5.82 Å². The molecule has 0 spiro atoms. The van der Waals surface area contributed by atoms with Crippen LogP contribution in [0, 0.1) is 6.92 Å². The van der Waals surface area contributed by atoms with E-state index in [1.807, 2.05) is 13.0 Å². The second kappa shape index (κ2) is 8.04. The van der Waals surface area contributed by atoms with E-state index in [0.29, 0.717) is 11.9 Å². The average molecular weight is 312 g/mol. The molecule has 1 aliphatic rings. The Morgan fingerprint density at radius 3 is 3.00 bits per heavy atom. The Kier molecular flexibility index (Phi) is 5.56. The number of benzene rings is 1. The Labute approximate surface area is 137 Å². The monoisotopic (exact) mass is 312 g/mol. The Morgan fingerprint density at radius 1 is 1.35 bits per heavy atom. The molecule has 0 bridgehead atoms. The van der Waals surface area contributed by atoms with Crippen LogP contribution >= 0.6 is 0 Å². The van der Waals surface area contributed by atoms with Crippen molar-refractivity contribution in [3.05, 3.63) is 53.7 Å². The summed E-state index contributed by atoms with van der Waals surface area (Å²) in [5.74, 6) is 1.42. The molecule has 0 amide bonds. The van der Waals surface area contributed by atoms with Crippen molar-refractivity contribution < 1.29 is 4.52 Å². The third-order valence-corrected chi connectivity index (χ3v) is 4.07. The molecule has 1 N–H and O–H groups in total. The molecule has 3 rings (SSSR count). The summed E-state index contributed by atoms with van der Waals surface area (Å²) in [5, 5.41) is 7.60. The summed E-state index contributed by atoms with van der Waals surface area (Å²) >= 11 is 0. The lowest BCUT2D eigenvalue weighted by molar-refractivity contribution is 0.180. The molecule has 1 aliphatic heterocycles. The number of aryl methyl sites for hydroxylation is 1. The number of likely N-dealkylation sites (tertiary alicyclic amines) is 1. The summed E-state index contributed by atoms with van der Waals surface area (Å²) in [4.78, 5) is 6.68. The molecule has 1 aromatic heterocycles. The molecule has 1 unspecified atom stereocenters. The van der Waals surface area contributed by atoms with Crippen LogP contribution in [0.25, 0.3) is 6.08 Å². The molecule has 1 atom stereocenters. The van der Waals surface area contributed by atoms with E-state index in [4.69, 9.17) is 4.52 Å². The maximum absolute atomic E-state index is 5.04. The lowest BCUT2D eigenvalue weighted by Gasteiger charge is -2.32. The molecule has 1 fully saturated rings. The van der Waals surface area contributed by atoms with E-state index in [0.717, 1.165) is 32.0 Å². The van der Waals surface area contributed by atoms with Gasteiger partial charge in [-0.25, -0.2) is 0 Å². The van der Waals surface area contributed by atoms with Gasteiger partial charge in [0.1, 0.15) is 0 Å². The molecule has 2 aromatic rings. The van der Waals surface area contributed by atoms with Gasteiger partial charge in [-0.1, -0.05) is 47.6 Å². The standard InChI is InChI=1S/C18H24N4O/c1-15-20-18(21-23-15)14-22-12-6-10-17(13-22)19-11-5-9-16-7-3-2-4-8-16/h2-5,7-9,17,19H,6,10-14H2,1H3. The van der Waals surface area contributed by atoms with E-state index < -0.39 is 0 Å². The predicted octanol–water partition coefficient (Wildman–Crippen LogP) is 2.65. The Hall–Kier alpha value is -1.98. The molecule has 0 saturated carbocycles. The molecular formula is C18H24N4O. The first-order valence-corrected chi connectivity index (χ1v) is 8.26. The van der Waals surface area contributed by atoms with Crippen LogP contribution in [0.1, 0.15) is 30.1 Å². The molecule has 5 nitrogen and oxygen atoms in total. The van der Waals surface area contributed by atoms with Crippen LogP contribution in [-0.4, -0.2) is 40.7 Å². The quantitative estimate of drug-likeness (QED) is 0.888. The second-order valence-corrected chi connectivity index (χ2v) is 6.03. The van der Waals surface area contributed by atoms with Crippen molar-refractivity contribution in [2.75, 3.05) is 19.6 Å². The van der Waals surface area contributed by atoms with Crippen molar-refractivity contribution >= 4 is 6.08 Å². The second-order valence-electron chi connectivity index (χ2n) is 6.03. The molecule has 0 aliphatic carbocycles. The van der Waals surface area contributed by atoms with Crippen molar-refractivity contribution in [1.82, 2.24) is 20.4 Å². The zero-order valence-electron chi connectivity index (χ0n) is 13.6. The largest absolute Gasteiger partial charge is 0.340 e. The molecule has 1 aromatic carbocycles. The van der Waals surface area contributed by atoms with E-state index >= 15 is 0 Å². The van der Waals surface area contributed by atoms with Crippen molar-refractivity contribution in [3.8, 4) is 0 Å². The highest BCUT2D eigenvalue weighted by Gasteiger charge is 2.20. The van der Waals surface area contributed by atoms with E-state index in [2.05, 4.69) is 56.8 Å². The van der Waals surface area contributed by atoms with Crippen LogP contribution in [0.2, 0.25) is 0 Å². The lowest BCUT2D eigenvalue weighted by atomic mass is 10.1. The number of rotatable bonds is 6. The Balaban J connectivity index is 1.42. The van der Waals surface area contributed by atoms with Crippen LogP contribution in [-0.2, 0) is 6.54 Å². The summed E-state index contributed by atoms with van der Waals surface area (Å²) < 4.78 is 5.04. The topological polar surface area (TPSA) is 54.2 Å². The number of hydrogen-bond donors (Lipinski definition) is 1. The predicted molar refractivity (Wildman–Crippen MR) is 90.8 cm³/mol. The van der Waals surface area contributed by atoms with E-state index in [1.165, 1.54) is 18.4 Å². The van der Waals surface area contributed by atoms with Crippen LogP contribution in [0.5, 0.6) is 0 Å². The van der Waals surface area contributed by atoms with Gasteiger partial charge in [-0.3, -0.25) is 4.90 Å². The molecule has 1 saturated heterocycles. The highest BCUT2D eigenvalue weighted by molar-refractivity contribution is 5.48. The van der Waals surface area contributed by atoms with Gasteiger partial charge in [0.25, 0.3) is 0 Å². The van der Waals surface area contributed by atoms with E-state index in [1.54, 1.807) is 0 Å². The minimum atomic E-state index is 0.525. The highest BCUT2D eigenvalue weighted by atomic mass is 16.5. The SMILES string of the molecule is Cc1nc(CN2CCCC(NCC=Cc3ccccc3)C2)no1. The van der Waals surface area contributed by atoms with Crippen molar-refractivity contribution in [2.24, 2.45) is 0 Å². The van der Waals surface area contributed by atoms with Crippen molar-refractivity contribution in [2.45, 2.75) is 32.4 Å². The zero-order valence-corrected chi connectivity index (χ0v) is 13.6. The molecule has 0 radical (unpaired) electrons. The Morgan fingerprint density at radius 2 is 2.22 bits per heavy atom. The first-order valence-electron chi connectivity index (χ1n) is 8.26. The maximum Gasteiger partial charge on any atom is 0.223 e. The summed E-state index contributed by atoms with van der Waals surface area (Å²) in [6.45, 7) is 5.64. The fraction of sp³-hybridized carbons (Fsp3) is 0.444. The summed E-state index contributed by atoms with van der Waals surface area (Å²) in [6.07, 6.45) is 6.78. The molecule has 122 valence electrons. The third-order valence-electron chi connectivity index (χ3n) is 4.07. The van der Waals surface area contributed by atoms with E-state index in [-0.39, 0.29) is 0 Å². The maximum atomic E-state index is 5.04. The minimum absolute atomic E-state index is 0.525. The van der Waals surface area contributed by atoms with Gasteiger partial charge in [0.05, 0.1) is 6.54 Å². The van der Waals surface area contributed by atoms with Gasteiger partial charge in [0.2, 0.25) is 5.89 Å². The number of hydrogen-bond acceptors (Lipinski definition) is 5. The van der Waals surface area contributed by atoms with Gasteiger partial charge >= 0.3 is 0 Å². The summed E-state index contributed by atoms with van der Waals surface area (Å²) in [6, 6.07) is 10.9. The number of nitrogens with zero attached hydrogens (tertiary/aromatic N) is 3. The fourth-order valence-corrected chi connectivity index (χ4v) is 2.97. The minimum Gasteiger partial charge on any atom is -0.340 e. The van der Waals surface area contributed by atoms with Gasteiger partial charge < -0.3 is 9.84 Å². The molecule has 2 heterocycles. The third kappa shape index (κ3) is 5.01. The zero-order chi connectivity index (χ0) is 15.9. The van der Waals surface area contributed by atoms with E-state index in [9.17, 15) is 0 Å². The number of nitrogens with one attached hydrogen (secondary N) is 1.